The summed E-state index contributed by atoms with van der Waals surface area (Å²) in [5, 5.41) is 6.53. The van der Waals surface area contributed by atoms with Crippen LogP contribution >= 0.6 is 0 Å². The minimum Gasteiger partial charge on any atom is -0.340 e. The average molecular weight is 368 g/mol. The van der Waals surface area contributed by atoms with Gasteiger partial charge in [0, 0.05) is 11.4 Å². The van der Waals surface area contributed by atoms with E-state index in [-0.39, 0.29) is 17.1 Å². The first-order valence-corrected chi connectivity index (χ1v) is 8.39. The molecule has 2 aliphatic rings. The van der Waals surface area contributed by atoms with Crippen LogP contribution in [0.15, 0.2) is 65.3 Å². The van der Waals surface area contributed by atoms with Crippen molar-refractivity contribution >= 4 is 24.9 Å². The van der Waals surface area contributed by atoms with Gasteiger partial charge < -0.3 is 10.6 Å². The molecule has 1 aromatic carbocycles. The van der Waals surface area contributed by atoms with Crippen LogP contribution in [0, 0.1) is 6.92 Å². The predicted molar refractivity (Wildman–Crippen MR) is 102 cm³/mol. The van der Waals surface area contributed by atoms with Crippen LogP contribution < -0.4 is 21.9 Å². The van der Waals surface area contributed by atoms with Crippen molar-refractivity contribution in [2.45, 2.75) is 26.2 Å². The molecule has 5 nitrogen and oxygen atoms in total. The molecular formula is C19H19BF2N4O. The second-order valence-electron chi connectivity index (χ2n) is 6.38. The van der Waals surface area contributed by atoms with Crippen molar-refractivity contribution < 1.29 is 13.6 Å². The Labute approximate surface area is 157 Å². The summed E-state index contributed by atoms with van der Waals surface area (Å²) >= 11 is 0. The van der Waals surface area contributed by atoms with Gasteiger partial charge in [0.05, 0.1) is 5.57 Å². The Kier molecular flexibility index (Phi) is 5.18. The summed E-state index contributed by atoms with van der Waals surface area (Å²) in [6.07, 6.45) is 1.48. The van der Waals surface area contributed by atoms with Gasteiger partial charge in [-0.25, -0.2) is 14.6 Å². The molecule has 27 heavy (non-hydrogen) atoms. The highest BCUT2D eigenvalue weighted by Gasteiger charge is 2.31. The van der Waals surface area contributed by atoms with Crippen LogP contribution in [0.4, 0.5) is 14.5 Å². The normalized spacial score (nSPS) is 18.1. The summed E-state index contributed by atoms with van der Waals surface area (Å²) in [6.45, 7) is 5.44. The lowest BCUT2D eigenvalue weighted by Gasteiger charge is -2.31. The molecule has 3 rings (SSSR count). The largest absolute Gasteiger partial charge is 0.340 e. The molecular weight excluding hydrogens is 349 g/mol. The number of rotatable bonds is 4. The molecule has 0 aromatic heterocycles. The van der Waals surface area contributed by atoms with Crippen molar-refractivity contribution in [1.82, 2.24) is 10.3 Å². The molecule has 1 aromatic rings. The maximum Gasteiger partial charge on any atom is 0.280 e. The van der Waals surface area contributed by atoms with Crippen LogP contribution in [0.5, 0.6) is 0 Å². The molecule has 0 bridgehead atoms. The molecule has 1 fully saturated rings. The number of halogens is 2. The van der Waals surface area contributed by atoms with Gasteiger partial charge in [-0.15, -0.1) is 0 Å². The number of carbonyl (C=O) groups is 1. The summed E-state index contributed by atoms with van der Waals surface area (Å²) in [7, 11) is 5.72. The van der Waals surface area contributed by atoms with Gasteiger partial charge in [0.25, 0.3) is 12.3 Å². The first-order valence-electron chi connectivity index (χ1n) is 8.39. The summed E-state index contributed by atoms with van der Waals surface area (Å²) in [4.78, 5) is 12.8. The maximum atomic E-state index is 13.4. The predicted octanol–water partition coefficient (Wildman–Crippen LogP) is 2.10. The quantitative estimate of drug-likeness (QED) is 0.433. The van der Waals surface area contributed by atoms with Crippen molar-refractivity contribution in [3.8, 4) is 0 Å². The molecule has 4 N–H and O–H groups in total. The van der Waals surface area contributed by atoms with Gasteiger partial charge >= 0.3 is 0 Å². The van der Waals surface area contributed by atoms with E-state index in [1.807, 2.05) is 0 Å². The fourth-order valence-corrected chi connectivity index (χ4v) is 2.77. The molecule has 0 atom stereocenters. The summed E-state index contributed by atoms with van der Waals surface area (Å²) < 4.78 is 26.8. The molecule has 2 radical (unpaired) electrons. The fraction of sp³-hybridized carbons (Fsp3) is 0.211. The molecule has 1 amide bonds. The van der Waals surface area contributed by atoms with Gasteiger partial charge in [-0.3, -0.25) is 9.80 Å². The van der Waals surface area contributed by atoms with E-state index in [4.69, 9.17) is 13.7 Å². The Morgan fingerprint density at radius 1 is 1.44 bits per heavy atom. The zero-order valence-electron chi connectivity index (χ0n) is 14.9. The second-order valence-corrected chi connectivity index (χ2v) is 6.38. The molecule has 1 aliphatic carbocycles. The molecule has 0 unspecified atom stereocenters. The molecule has 138 valence electrons. The minimum atomic E-state index is -2.78. The van der Waals surface area contributed by atoms with E-state index in [9.17, 15) is 13.6 Å². The van der Waals surface area contributed by atoms with Crippen LogP contribution in [-0.2, 0) is 4.79 Å². The molecule has 0 spiro atoms. The number of hydrogen-bond acceptors (Lipinski definition) is 4. The fourth-order valence-electron chi connectivity index (χ4n) is 2.77. The monoisotopic (exact) mass is 368 g/mol. The highest BCUT2D eigenvalue weighted by atomic mass is 19.3. The number of amides is 1. The number of nitrogens with two attached hydrogens (primary N) is 1. The topological polar surface area (TPSA) is 70.4 Å². The van der Waals surface area contributed by atoms with Crippen molar-refractivity contribution in [3.05, 3.63) is 70.9 Å². The van der Waals surface area contributed by atoms with Crippen LogP contribution in [-0.4, -0.2) is 25.2 Å². The van der Waals surface area contributed by atoms with E-state index in [1.165, 1.54) is 12.2 Å². The molecule has 1 saturated carbocycles. The highest BCUT2D eigenvalue weighted by Crippen LogP contribution is 2.35. The van der Waals surface area contributed by atoms with E-state index in [0.717, 1.165) is 29.0 Å². The Bertz CT molecular complexity index is 899. The smallest absolute Gasteiger partial charge is 0.280 e. The number of benzene rings is 1. The van der Waals surface area contributed by atoms with Crippen LogP contribution in [0.1, 0.15) is 18.4 Å². The SMILES string of the molecule is [B]c1ccc(NC(=O)/C(C=C)=C2\NC(=C3CC3)C=C(C(F)F)N2N)c(C)c1. The van der Waals surface area contributed by atoms with Crippen molar-refractivity contribution in [2.75, 3.05) is 5.32 Å². The number of hydrogen-bond donors (Lipinski definition) is 3. The Hall–Kier alpha value is -2.87. The summed E-state index contributed by atoms with van der Waals surface area (Å²) in [5.41, 5.74) is 3.13. The maximum absolute atomic E-state index is 13.4. The lowest BCUT2D eigenvalue weighted by atomic mass is 9.94. The van der Waals surface area contributed by atoms with Gasteiger partial charge in [0.15, 0.2) is 0 Å². The van der Waals surface area contributed by atoms with Crippen molar-refractivity contribution in [2.24, 2.45) is 5.84 Å². The van der Waals surface area contributed by atoms with Crippen LogP contribution in [0.25, 0.3) is 0 Å². The number of alkyl halides is 2. The van der Waals surface area contributed by atoms with Gasteiger partial charge in [0.2, 0.25) is 0 Å². The summed E-state index contributed by atoms with van der Waals surface area (Å²) in [6, 6.07) is 5.05. The minimum absolute atomic E-state index is 0.0544. The second kappa shape index (κ2) is 7.40. The van der Waals surface area contributed by atoms with Crippen molar-refractivity contribution in [1.29, 1.82) is 0 Å². The van der Waals surface area contributed by atoms with E-state index < -0.39 is 12.3 Å². The number of anilines is 1. The number of nitrogens with one attached hydrogen (secondary N) is 2. The van der Waals surface area contributed by atoms with E-state index >= 15 is 0 Å². The third-order valence-electron chi connectivity index (χ3n) is 4.37. The van der Waals surface area contributed by atoms with Crippen molar-refractivity contribution in [3.63, 3.8) is 0 Å². The number of nitrogens with zero attached hydrogens (tertiary/aromatic N) is 1. The zero-order chi connectivity index (χ0) is 19.7. The van der Waals surface area contributed by atoms with Gasteiger partial charge in [-0.2, -0.15) is 0 Å². The van der Waals surface area contributed by atoms with Gasteiger partial charge in [0.1, 0.15) is 19.4 Å². The lowest BCUT2D eigenvalue weighted by Crippen LogP contribution is -2.43. The third-order valence-corrected chi connectivity index (χ3v) is 4.37. The first-order chi connectivity index (χ1) is 12.8. The Balaban J connectivity index is 1.97. The standard InChI is InChI=1S/C19H19BF2N4O/c1-3-13(19(27)25-14-7-6-12(20)8-10(14)2)18-24-15(11-4-5-11)9-16(17(21)22)26(18)23/h3,6-9,17,24H,1,4-5,23H2,2H3,(H,25,27)/b18-13+. The molecule has 1 aliphatic heterocycles. The Morgan fingerprint density at radius 2 is 2.15 bits per heavy atom. The number of aryl methyl sites for hydroxylation is 1. The number of carbonyl (C=O) groups excluding carboxylic acids is 1. The first kappa shape index (κ1) is 18.9. The molecule has 0 saturated heterocycles. The number of allylic oxidation sites excluding steroid dienone is 3. The van der Waals surface area contributed by atoms with E-state index in [2.05, 4.69) is 17.2 Å². The average Bonchev–Trinajstić information content (AvgIpc) is 3.44. The molecule has 8 heteroatoms. The van der Waals surface area contributed by atoms with Gasteiger partial charge in [-0.05, 0) is 43.0 Å². The zero-order valence-corrected chi connectivity index (χ0v) is 14.9. The summed E-state index contributed by atoms with van der Waals surface area (Å²) in [5.74, 6) is 5.40. The van der Waals surface area contributed by atoms with Gasteiger partial charge in [-0.1, -0.05) is 30.3 Å². The van der Waals surface area contributed by atoms with Crippen LogP contribution in [0.3, 0.4) is 0 Å². The Morgan fingerprint density at radius 3 is 2.70 bits per heavy atom. The van der Waals surface area contributed by atoms with E-state index in [0.29, 0.717) is 16.8 Å². The number of hydrazine groups is 1. The lowest BCUT2D eigenvalue weighted by molar-refractivity contribution is -0.112. The third kappa shape index (κ3) is 3.95. The molecule has 1 heterocycles. The highest BCUT2D eigenvalue weighted by molar-refractivity contribution is 6.32. The van der Waals surface area contributed by atoms with E-state index in [1.54, 1.807) is 25.1 Å². The van der Waals surface area contributed by atoms with Crippen LogP contribution in [0.2, 0.25) is 0 Å².